The van der Waals surface area contributed by atoms with Crippen LogP contribution in [0.15, 0.2) is 43.0 Å². The topological polar surface area (TPSA) is 62.2 Å². The molecule has 6 heteroatoms. The van der Waals surface area contributed by atoms with Gasteiger partial charge in [0.15, 0.2) is 0 Å². The molecule has 0 radical (unpaired) electrons. The van der Waals surface area contributed by atoms with Gasteiger partial charge in [0, 0.05) is 56.4 Å². The van der Waals surface area contributed by atoms with Crippen molar-refractivity contribution in [1.29, 1.82) is 0 Å². The second-order valence-electron chi connectivity index (χ2n) is 6.95. The third kappa shape index (κ3) is 3.21. The van der Waals surface area contributed by atoms with Crippen LogP contribution < -0.4 is 4.90 Å². The van der Waals surface area contributed by atoms with E-state index in [2.05, 4.69) is 24.8 Å². The molecule has 1 spiro atoms. The Morgan fingerprint density at radius 3 is 2.72 bits per heavy atom. The zero-order chi connectivity index (χ0) is 17.1. The van der Waals surface area contributed by atoms with Gasteiger partial charge in [-0.15, -0.1) is 0 Å². The molecule has 0 aliphatic carbocycles. The summed E-state index contributed by atoms with van der Waals surface area (Å²) in [7, 11) is 0. The molecule has 2 aliphatic rings. The monoisotopic (exact) mass is 337 g/mol. The van der Waals surface area contributed by atoms with Crippen molar-refractivity contribution < 1.29 is 4.79 Å². The summed E-state index contributed by atoms with van der Waals surface area (Å²) in [5.74, 6) is 1.07. The molecule has 1 amide bonds. The summed E-state index contributed by atoms with van der Waals surface area (Å²) in [4.78, 5) is 29.9. The minimum absolute atomic E-state index is 0.0313. The Morgan fingerprint density at radius 1 is 1.04 bits per heavy atom. The molecule has 0 unspecified atom stereocenters. The van der Waals surface area contributed by atoms with E-state index in [0.29, 0.717) is 13.0 Å². The Hall–Kier alpha value is -2.50. The minimum Gasteiger partial charge on any atom is -0.341 e. The van der Waals surface area contributed by atoms with Crippen LogP contribution in [0.4, 0.5) is 5.95 Å². The summed E-state index contributed by atoms with van der Waals surface area (Å²) in [5.41, 5.74) is 1.07. The van der Waals surface area contributed by atoms with Gasteiger partial charge in [0.1, 0.15) is 0 Å². The first kappa shape index (κ1) is 16.0. The molecular weight excluding hydrogens is 314 g/mol. The summed E-state index contributed by atoms with van der Waals surface area (Å²) in [6, 6.07) is 5.82. The molecule has 2 aromatic heterocycles. The molecule has 130 valence electrons. The molecule has 6 nitrogen and oxygen atoms in total. The molecule has 0 N–H and O–H groups in total. The van der Waals surface area contributed by atoms with Crippen molar-refractivity contribution in [2.24, 2.45) is 0 Å². The van der Waals surface area contributed by atoms with Crippen LogP contribution in [0.1, 0.15) is 37.7 Å². The summed E-state index contributed by atoms with van der Waals surface area (Å²) in [5, 5.41) is 0. The average Bonchev–Trinajstić information content (AvgIpc) is 2.84. The smallest absolute Gasteiger partial charge is 0.225 e. The van der Waals surface area contributed by atoms with Gasteiger partial charge < -0.3 is 9.80 Å². The predicted octanol–water partition coefficient (Wildman–Crippen LogP) is 2.42. The maximum absolute atomic E-state index is 12.6. The van der Waals surface area contributed by atoms with Crippen LogP contribution in [0, 0.1) is 0 Å². The van der Waals surface area contributed by atoms with Crippen molar-refractivity contribution in [3.8, 4) is 0 Å². The average molecular weight is 337 g/mol. The molecular formula is C19H23N5O. The third-order valence-corrected chi connectivity index (χ3v) is 5.49. The fourth-order valence-electron chi connectivity index (χ4n) is 4.16. The van der Waals surface area contributed by atoms with Crippen LogP contribution in [0.5, 0.6) is 0 Å². The van der Waals surface area contributed by atoms with E-state index in [4.69, 9.17) is 0 Å². The first-order valence-corrected chi connectivity index (χ1v) is 8.98. The van der Waals surface area contributed by atoms with Crippen molar-refractivity contribution in [1.82, 2.24) is 19.9 Å². The van der Waals surface area contributed by atoms with E-state index < -0.39 is 0 Å². The Kier molecular flexibility index (Phi) is 4.34. The molecule has 4 heterocycles. The summed E-state index contributed by atoms with van der Waals surface area (Å²) >= 11 is 0. The number of anilines is 1. The van der Waals surface area contributed by atoms with Crippen LogP contribution in [-0.2, 0) is 11.3 Å². The lowest BCUT2D eigenvalue weighted by Gasteiger charge is -2.38. The number of nitrogens with zero attached hydrogens (tertiary/aromatic N) is 5. The van der Waals surface area contributed by atoms with Crippen molar-refractivity contribution in [3.63, 3.8) is 0 Å². The minimum atomic E-state index is -0.0313. The largest absolute Gasteiger partial charge is 0.341 e. The molecule has 1 atom stereocenters. The SMILES string of the molecule is O=C1CC[C@]2(CCCN(c3ncccn3)CC2)N1Cc1cccnc1. The van der Waals surface area contributed by atoms with Crippen LogP contribution in [0.25, 0.3) is 0 Å². The van der Waals surface area contributed by atoms with E-state index in [1.165, 1.54) is 0 Å². The third-order valence-electron chi connectivity index (χ3n) is 5.49. The van der Waals surface area contributed by atoms with Gasteiger partial charge in [0.05, 0.1) is 0 Å². The molecule has 2 aliphatic heterocycles. The fourth-order valence-corrected chi connectivity index (χ4v) is 4.16. The summed E-state index contributed by atoms with van der Waals surface area (Å²) in [6.45, 7) is 2.50. The number of hydrogen-bond donors (Lipinski definition) is 0. The number of pyridine rings is 1. The molecule has 2 saturated heterocycles. The molecule has 4 rings (SSSR count). The number of hydrogen-bond acceptors (Lipinski definition) is 5. The van der Waals surface area contributed by atoms with E-state index >= 15 is 0 Å². The second-order valence-corrected chi connectivity index (χ2v) is 6.95. The number of amides is 1. The zero-order valence-corrected chi connectivity index (χ0v) is 14.3. The van der Waals surface area contributed by atoms with Crippen LogP contribution in [0.3, 0.4) is 0 Å². The highest BCUT2D eigenvalue weighted by Crippen LogP contribution is 2.40. The number of likely N-dealkylation sites (tertiary alicyclic amines) is 1. The fraction of sp³-hybridized carbons (Fsp3) is 0.474. The Balaban J connectivity index is 1.53. The highest BCUT2D eigenvalue weighted by molar-refractivity contribution is 5.79. The van der Waals surface area contributed by atoms with Gasteiger partial charge in [-0.05, 0) is 43.4 Å². The summed E-state index contributed by atoms with van der Waals surface area (Å²) < 4.78 is 0. The Bertz CT molecular complexity index is 723. The van der Waals surface area contributed by atoms with E-state index in [9.17, 15) is 4.79 Å². The summed E-state index contributed by atoms with van der Waals surface area (Å²) in [6.07, 6.45) is 11.9. The zero-order valence-electron chi connectivity index (χ0n) is 14.3. The van der Waals surface area contributed by atoms with Gasteiger partial charge in [-0.2, -0.15) is 0 Å². The van der Waals surface area contributed by atoms with Gasteiger partial charge in [-0.25, -0.2) is 9.97 Å². The van der Waals surface area contributed by atoms with Gasteiger partial charge in [-0.1, -0.05) is 6.07 Å². The normalized spacial score (nSPS) is 23.9. The maximum Gasteiger partial charge on any atom is 0.225 e. The standard InChI is InChI=1S/C19H23N5O/c25-17-5-7-19(24(17)15-16-4-1-9-20-14-16)6-2-12-23(13-8-19)18-21-10-3-11-22-18/h1,3-4,9-11,14H,2,5-8,12-13,15H2/t19-/m0/s1. The lowest BCUT2D eigenvalue weighted by Crippen LogP contribution is -2.46. The van der Waals surface area contributed by atoms with E-state index in [1.807, 2.05) is 24.4 Å². The highest BCUT2D eigenvalue weighted by Gasteiger charge is 2.45. The molecule has 2 fully saturated rings. The van der Waals surface area contributed by atoms with Crippen molar-refractivity contribution >= 4 is 11.9 Å². The Labute approximate surface area is 147 Å². The first-order valence-electron chi connectivity index (χ1n) is 8.98. The van der Waals surface area contributed by atoms with E-state index in [0.717, 1.165) is 50.3 Å². The van der Waals surface area contributed by atoms with E-state index in [1.54, 1.807) is 18.6 Å². The first-order chi connectivity index (χ1) is 12.3. The highest BCUT2D eigenvalue weighted by atomic mass is 16.2. The van der Waals surface area contributed by atoms with Crippen molar-refractivity contribution in [2.45, 2.75) is 44.2 Å². The van der Waals surface area contributed by atoms with Gasteiger partial charge >= 0.3 is 0 Å². The quantitative estimate of drug-likeness (QED) is 0.861. The van der Waals surface area contributed by atoms with Crippen LogP contribution in [0.2, 0.25) is 0 Å². The molecule has 2 aromatic rings. The van der Waals surface area contributed by atoms with Gasteiger partial charge in [-0.3, -0.25) is 9.78 Å². The number of rotatable bonds is 3. The van der Waals surface area contributed by atoms with Gasteiger partial charge in [0.2, 0.25) is 11.9 Å². The lowest BCUT2D eigenvalue weighted by atomic mass is 9.87. The number of carbonyl (C=O) groups is 1. The number of carbonyl (C=O) groups excluding carboxylic acids is 1. The van der Waals surface area contributed by atoms with Crippen molar-refractivity contribution in [3.05, 3.63) is 48.5 Å². The second kappa shape index (κ2) is 6.78. The van der Waals surface area contributed by atoms with E-state index in [-0.39, 0.29) is 11.4 Å². The molecule has 25 heavy (non-hydrogen) atoms. The predicted molar refractivity (Wildman–Crippen MR) is 94.8 cm³/mol. The lowest BCUT2D eigenvalue weighted by molar-refractivity contribution is -0.132. The van der Waals surface area contributed by atoms with Crippen LogP contribution >= 0.6 is 0 Å². The Morgan fingerprint density at radius 2 is 1.92 bits per heavy atom. The van der Waals surface area contributed by atoms with Crippen molar-refractivity contribution in [2.75, 3.05) is 18.0 Å². The molecule has 0 bridgehead atoms. The number of aromatic nitrogens is 3. The molecule has 0 aromatic carbocycles. The molecule has 0 saturated carbocycles. The van der Waals surface area contributed by atoms with Gasteiger partial charge in [0.25, 0.3) is 0 Å². The maximum atomic E-state index is 12.6. The van der Waals surface area contributed by atoms with Crippen LogP contribution in [-0.4, -0.2) is 44.4 Å².